The number of benzene rings is 2. The van der Waals surface area contributed by atoms with Crippen molar-refractivity contribution in [3.8, 4) is 6.07 Å². The Hall–Kier alpha value is -3.92. The van der Waals surface area contributed by atoms with Crippen LogP contribution in [0.15, 0.2) is 55.1 Å². The lowest BCUT2D eigenvalue weighted by Gasteiger charge is -2.41. The fraction of sp³-hybridized carbons (Fsp3) is 0.290. The molecule has 2 aliphatic heterocycles. The van der Waals surface area contributed by atoms with E-state index in [0.717, 1.165) is 50.4 Å². The van der Waals surface area contributed by atoms with E-state index in [9.17, 15) is 5.26 Å². The third kappa shape index (κ3) is 5.80. The lowest BCUT2D eigenvalue weighted by atomic mass is 10.0. The van der Waals surface area contributed by atoms with Crippen molar-refractivity contribution in [3.63, 3.8) is 0 Å². The predicted molar refractivity (Wildman–Crippen MR) is 172 cm³/mol. The van der Waals surface area contributed by atoms with Gasteiger partial charge in [0.1, 0.15) is 11.8 Å². The van der Waals surface area contributed by atoms with Crippen molar-refractivity contribution >= 4 is 62.8 Å². The van der Waals surface area contributed by atoms with Gasteiger partial charge in [0.25, 0.3) is 0 Å². The number of hydrogen-bond acceptors (Lipinski definition) is 8. The molecule has 45 heavy (non-hydrogen) atoms. The number of nitrogens with one attached hydrogen (secondary N) is 3. The molecule has 2 aromatic carbocycles. The number of H-pyrrole nitrogens is 1. The summed E-state index contributed by atoms with van der Waals surface area (Å²) in [6.45, 7) is 3.64. The SMILES string of the molecule is N#Cc1cnc2c(Cl)cc(N[C@@H](c3cc[nH]c3)c3cn(C4CCN(C5COC5)CC4)nn3)cc2c1Nc1ccc(Cl)c(Cl)c1F. The van der Waals surface area contributed by atoms with Crippen LogP contribution < -0.4 is 10.6 Å². The number of hydrogen-bond donors (Lipinski definition) is 3. The van der Waals surface area contributed by atoms with Crippen LogP contribution >= 0.6 is 34.8 Å². The summed E-state index contributed by atoms with van der Waals surface area (Å²) in [5.41, 5.74) is 3.33. The number of fused-ring (bicyclic) bond motifs is 1. The molecule has 230 valence electrons. The first kappa shape index (κ1) is 29.8. The molecule has 0 unspecified atom stereocenters. The first-order valence-electron chi connectivity index (χ1n) is 14.4. The van der Waals surface area contributed by atoms with E-state index >= 15 is 4.39 Å². The second kappa shape index (κ2) is 12.5. The lowest BCUT2D eigenvalue weighted by molar-refractivity contribution is -0.0734. The number of nitriles is 1. The van der Waals surface area contributed by atoms with E-state index in [0.29, 0.717) is 33.3 Å². The van der Waals surface area contributed by atoms with Gasteiger partial charge in [-0.3, -0.25) is 9.88 Å². The summed E-state index contributed by atoms with van der Waals surface area (Å²) in [6.07, 6.45) is 9.11. The van der Waals surface area contributed by atoms with Crippen molar-refractivity contribution < 1.29 is 9.13 Å². The largest absolute Gasteiger partial charge is 0.378 e. The highest BCUT2D eigenvalue weighted by Crippen LogP contribution is 2.39. The maximum Gasteiger partial charge on any atom is 0.166 e. The monoisotopic (exact) mass is 665 g/mol. The average Bonchev–Trinajstić information content (AvgIpc) is 3.73. The zero-order valence-electron chi connectivity index (χ0n) is 23.8. The summed E-state index contributed by atoms with van der Waals surface area (Å²) in [6, 6.07) is 11.0. The van der Waals surface area contributed by atoms with E-state index in [4.69, 9.17) is 39.5 Å². The van der Waals surface area contributed by atoms with Crippen molar-refractivity contribution in [2.75, 3.05) is 36.9 Å². The molecule has 0 bridgehead atoms. The molecular weight excluding hydrogens is 640 g/mol. The number of nitrogens with zero attached hydrogens (tertiary/aromatic N) is 6. The molecule has 3 N–H and O–H groups in total. The van der Waals surface area contributed by atoms with Gasteiger partial charge in [0.2, 0.25) is 0 Å². The van der Waals surface area contributed by atoms with Gasteiger partial charge in [0.15, 0.2) is 5.82 Å². The van der Waals surface area contributed by atoms with Crippen molar-refractivity contribution in [1.29, 1.82) is 5.26 Å². The minimum atomic E-state index is -0.739. The number of aromatic amines is 1. The second-order valence-electron chi connectivity index (χ2n) is 11.2. The molecule has 5 heterocycles. The quantitative estimate of drug-likeness (QED) is 0.150. The fourth-order valence-electron chi connectivity index (χ4n) is 5.88. The highest BCUT2D eigenvalue weighted by atomic mass is 35.5. The van der Waals surface area contributed by atoms with Gasteiger partial charge in [-0.2, -0.15) is 5.26 Å². The van der Waals surface area contributed by atoms with Crippen LogP contribution in [-0.2, 0) is 4.74 Å². The number of ether oxygens (including phenoxy) is 1. The van der Waals surface area contributed by atoms with Gasteiger partial charge in [-0.15, -0.1) is 5.10 Å². The number of anilines is 3. The Kier molecular flexibility index (Phi) is 8.25. The third-order valence-corrected chi connectivity index (χ3v) is 9.51. The molecule has 0 spiro atoms. The number of aromatic nitrogens is 5. The number of piperidine rings is 1. The summed E-state index contributed by atoms with van der Waals surface area (Å²) in [5.74, 6) is -0.739. The number of rotatable bonds is 8. The Morgan fingerprint density at radius 1 is 1.09 bits per heavy atom. The van der Waals surface area contributed by atoms with Crippen molar-refractivity contribution in [1.82, 2.24) is 29.9 Å². The highest BCUT2D eigenvalue weighted by molar-refractivity contribution is 6.42. The molecule has 2 saturated heterocycles. The maximum absolute atomic E-state index is 15.0. The molecule has 2 aliphatic rings. The van der Waals surface area contributed by atoms with E-state index in [2.05, 4.69) is 41.9 Å². The van der Waals surface area contributed by atoms with Gasteiger partial charge in [-0.05, 0) is 48.7 Å². The van der Waals surface area contributed by atoms with Gasteiger partial charge in [0, 0.05) is 42.8 Å². The third-order valence-electron chi connectivity index (χ3n) is 8.44. The summed E-state index contributed by atoms with van der Waals surface area (Å²) in [7, 11) is 0. The standard InChI is InChI=1S/C31H27Cl3FN9O/c32-23-1-2-25(28(35)27(23)34)40-29-18(11-36)13-38-31-22(29)9-19(10-24(31)33)39-30(17-3-6-37-12-17)26-14-44(42-41-26)20-4-7-43(8-5-20)21-15-45-16-21/h1-3,6,9-10,12-14,20-21,30,37,39H,4-5,7-8,15-16H2,(H,38,40)/t30-/m0/s1. The number of pyridine rings is 1. The van der Waals surface area contributed by atoms with Crippen LogP contribution in [-0.4, -0.2) is 62.2 Å². The predicted octanol–water partition coefficient (Wildman–Crippen LogP) is 7.11. The van der Waals surface area contributed by atoms with Crippen LogP contribution in [0, 0.1) is 17.1 Å². The van der Waals surface area contributed by atoms with E-state index in [1.807, 2.05) is 35.4 Å². The van der Waals surface area contributed by atoms with E-state index in [-0.39, 0.29) is 33.4 Å². The van der Waals surface area contributed by atoms with Crippen molar-refractivity contribution in [2.45, 2.75) is 31.0 Å². The van der Waals surface area contributed by atoms with Gasteiger partial charge < -0.3 is 20.4 Å². The fourth-order valence-corrected chi connectivity index (χ4v) is 6.46. The molecule has 0 radical (unpaired) electrons. The van der Waals surface area contributed by atoms with E-state index < -0.39 is 5.82 Å². The average molecular weight is 667 g/mol. The molecule has 3 aromatic heterocycles. The highest BCUT2D eigenvalue weighted by Gasteiger charge is 2.31. The zero-order valence-corrected chi connectivity index (χ0v) is 26.0. The Bertz CT molecular complexity index is 1900. The van der Waals surface area contributed by atoms with Crippen LogP contribution in [0.4, 0.5) is 21.5 Å². The zero-order chi connectivity index (χ0) is 31.1. The Labute approximate surface area is 273 Å². The van der Waals surface area contributed by atoms with E-state index in [1.54, 1.807) is 6.07 Å². The van der Waals surface area contributed by atoms with Gasteiger partial charge in [0.05, 0.1) is 75.1 Å². The van der Waals surface area contributed by atoms with Gasteiger partial charge >= 0.3 is 0 Å². The van der Waals surface area contributed by atoms with Crippen LogP contribution in [0.5, 0.6) is 0 Å². The Morgan fingerprint density at radius 2 is 1.91 bits per heavy atom. The summed E-state index contributed by atoms with van der Waals surface area (Å²) in [5, 5.41) is 26.3. The Balaban J connectivity index is 1.21. The molecule has 2 fully saturated rings. The minimum Gasteiger partial charge on any atom is -0.378 e. The van der Waals surface area contributed by atoms with Gasteiger partial charge in [-0.1, -0.05) is 40.0 Å². The molecule has 7 rings (SSSR count). The topological polar surface area (TPSA) is 120 Å². The van der Waals surface area contributed by atoms with Crippen molar-refractivity contribution in [3.05, 3.63) is 92.8 Å². The summed E-state index contributed by atoms with van der Waals surface area (Å²) >= 11 is 18.8. The molecule has 1 atom stereocenters. The Morgan fingerprint density at radius 3 is 2.62 bits per heavy atom. The summed E-state index contributed by atoms with van der Waals surface area (Å²) in [4.78, 5) is 10.0. The molecule has 0 aliphatic carbocycles. The number of likely N-dealkylation sites (tertiary alicyclic amines) is 1. The number of halogens is 4. The van der Waals surface area contributed by atoms with Gasteiger partial charge in [-0.25, -0.2) is 9.07 Å². The first-order chi connectivity index (χ1) is 21.9. The molecule has 14 heteroatoms. The molecular formula is C31H27Cl3FN9O. The van der Waals surface area contributed by atoms with Crippen LogP contribution in [0.3, 0.4) is 0 Å². The van der Waals surface area contributed by atoms with Crippen LogP contribution in [0.2, 0.25) is 15.1 Å². The smallest absolute Gasteiger partial charge is 0.166 e. The molecule has 0 saturated carbocycles. The minimum absolute atomic E-state index is 0.0524. The van der Waals surface area contributed by atoms with E-state index in [1.165, 1.54) is 18.3 Å². The van der Waals surface area contributed by atoms with Crippen LogP contribution in [0.25, 0.3) is 10.9 Å². The summed E-state index contributed by atoms with van der Waals surface area (Å²) < 4.78 is 22.4. The molecule has 10 nitrogen and oxygen atoms in total. The molecule has 5 aromatic rings. The molecule has 0 amide bonds. The second-order valence-corrected chi connectivity index (χ2v) is 12.4. The van der Waals surface area contributed by atoms with Crippen molar-refractivity contribution in [2.24, 2.45) is 0 Å². The lowest BCUT2D eigenvalue weighted by Crippen LogP contribution is -2.51. The first-order valence-corrected chi connectivity index (χ1v) is 15.6. The van der Waals surface area contributed by atoms with Crippen LogP contribution in [0.1, 0.15) is 41.7 Å². The normalized spacial score (nSPS) is 16.8. The maximum atomic E-state index is 15.0.